The van der Waals surface area contributed by atoms with E-state index in [1.165, 1.54) is 0 Å². The van der Waals surface area contributed by atoms with Crippen molar-refractivity contribution in [1.82, 2.24) is 4.57 Å². The Morgan fingerprint density at radius 3 is 2.50 bits per heavy atom. The van der Waals surface area contributed by atoms with E-state index < -0.39 is 0 Å². The Labute approximate surface area is 118 Å². The van der Waals surface area contributed by atoms with Crippen LogP contribution in [-0.2, 0) is 6.54 Å². The van der Waals surface area contributed by atoms with Crippen LogP contribution in [0.25, 0.3) is 0 Å². The molecule has 0 radical (unpaired) electrons. The molecule has 1 aromatic carbocycles. The number of aromatic nitrogens is 1. The van der Waals surface area contributed by atoms with Crippen LogP contribution < -0.4 is 9.47 Å². The molecule has 0 amide bonds. The van der Waals surface area contributed by atoms with Crippen LogP contribution in [0.1, 0.15) is 23.7 Å². The molecule has 0 atom stereocenters. The monoisotopic (exact) mass is 273 g/mol. The molecule has 20 heavy (non-hydrogen) atoms. The zero-order chi connectivity index (χ0) is 14.4. The quantitative estimate of drug-likeness (QED) is 0.727. The van der Waals surface area contributed by atoms with Crippen LogP contribution in [0.15, 0.2) is 42.7 Å². The zero-order valence-corrected chi connectivity index (χ0v) is 11.8. The molecule has 0 N–H and O–H groups in total. The van der Waals surface area contributed by atoms with Gasteiger partial charge in [-0.25, -0.2) is 0 Å². The van der Waals surface area contributed by atoms with Gasteiger partial charge in [0.2, 0.25) is 0 Å². The van der Waals surface area contributed by atoms with Crippen molar-refractivity contribution in [3.8, 4) is 11.5 Å². The Morgan fingerprint density at radius 1 is 1.15 bits per heavy atom. The molecule has 0 aliphatic heterocycles. The van der Waals surface area contributed by atoms with Gasteiger partial charge >= 0.3 is 0 Å². The lowest BCUT2D eigenvalue weighted by Gasteiger charge is -2.07. The maximum Gasteiger partial charge on any atom is 0.164 e. The molecule has 0 bridgehead atoms. The van der Waals surface area contributed by atoms with E-state index in [4.69, 9.17) is 9.47 Å². The van der Waals surface area contributed by atoms with Crippen molar-refractivity contribution in [3.05, 3.63) is 48.3 Å². The number of ether oxygens (including phenoxy) is 2. The van der Waals surface area contributed by atoms with Crippen molar-refractivity contribution >= 4 is 5.78 Å². The molecule has 0 aliphatic carbocycles. The fraction of sp³-hybridized carbons (Fsp3) is 0.312. The standard InChI is InChI=1S/C16H19NO3/c1-3-16(18)13-8-9-17(12-13)10-11-20-15-6-4-14(19-2)5-7-15/h4-9,12H,3,10-11H2,1-2H3. The van der Waals surface area contributed by atoms with E-state index in [0.717, 1.165) is 17.1 Å². The molecule has 2 aromatic rings. The summed E-state index contributed by atoms with van der Waals surface area (Å²) in [5.41, 5.74) is 0.761. The van der Waals surface area contributed by atoms with Crippen LogP contribution in [-0.4, -0.2) is 24.1 Å². The Bertz CT molecular complexity index is 557. The van der Waals surface area contributed by atoms with Gasteiger partial charge in [0.25, 0.3) is 0 Å². The molecule has 4 heteroatoms. The Kier molecular flexibility index (Phi) is 4.82. The molecule has 1 heterocycles. The van der Waals surface area contributed by atoms with Gasteiger partial charge in [0.15, 0.2) is 5.78 Å². The number of nitrogens with zero attached hydrogens (tertiary/aromatic N) is 1. The third-order valence-electron chi connectivity index (χ3n) is 3.07. The van der Waals surface area contributed by atoms with Crippen molar-refractivity contribution in [3.63, 3.8) is 0 Å². The average Bonchev–Trinajstić information content (AvgIpc) is 2.96. The van der Waals surface area contributed by atoms with Crippen LogP contribution >= 0.6 is 0 Å². The lowest BCUT2D eigenvalue weighted by molar-refractivity contribution is 0.0988. The molecule has 0 saturated heterocycles. The molecule has 0 saturated carbocycles. The number of carbonyl (C=O) groups excluding carboxylic acids is 1. The molecule has 0 fully saturated rings. The zero-order valence-electron chi connectivity index (χ0n) is 11.8. The number of benzene rings is 1. The number of carbonyl (C=O) groups is 1. The minimum absolute atomic E-state index is 0.167. The Hall–Kier alpha value is -2.23. The second kappa shape index (κ2) is 6.80. The van der Waals surface area contributed by atoms with E-state index in [-0.39, 0.29) is 5.78 Å². The normalized spacial score (nSPS) is 10.3. The summed E-state index contributed by atoms with van der Waals surface area (Å²) in [6.45, 7) is 3.14. The molecule has 1 aromatic heterocycles. The summed E-state index contributed by atoms with van der Waals surface area (Å²) in [6.07, 6.45) is 4.30. The van der Waals surface area contributed by atoms with Crippen LogP contribution in [0, 0.1) is 0 Å². The van der Waals surface area contributed by atoms with Gasteiger partial charge in [-0.3, -0.25) is 4.79 Å². The van der Waals surface area contributed by atoms with Crippen LogP contribution in [0.2, 0.25) is 0 Å². The fourth-order valence-electron chi connectivity index (χ4n) is 1.89. The highest BCUT2D eigenvalue weighted by molar-refractivity contribution is 5.95. The Balaban J connectivity index is 1.83. The lowest BCUT2D eigenvalue weighted by Crippen LogP contribution is -2.06. The minimum atomic E-state index is 0.167. The number of hydrogen-bond donors (Lipinski definition) is 0. The summed E-state index contributed by atoms with van der Waals surface area (Å²) in [4.78, 5) is 11.5. The topological polar surface area (TPSA) is 40.5 Å². The summed E-state index contributed by atoms with van der Waals surface area (Å²) < 4.78 is 12.7. The summed E-state index contributed by atoms with van der Waals surface area (Å²) in [7, 11) is 1.64. The van der Waals surface area contributed by atoms with E-state index >= 15 is 0 Å². The fourth-order valence-corrected chi connectivity index (χ4v) is 1.89. The molecular formula is C16H19NO3. The number of ketones is 1. The van der Waals surface area contributed by atoms with Crippen molar-refractivity contribution in [1.29, 1.82) is 0 Å². The lowest BCUT2D eigenvalue weighted by atomic mass is 10.2. The second-order valence-corrected chi connectivity index (χ2v) is 4.44. The van der Waals surface area contributed by atoms with Crippen LogP contribution in [0.4, 0.5) is 0 Å². The van der Waals surface area contributed by atoms with E-state index in [1.54, 1.807) is 7.11 Å². The SMILES string of the molecule is CCC(=O)c1ccn(CCOc2ccc(OC)cc2)c1. The largest absolute Gasteiger partial charge is 0.497 e. The third kappa shape index (κ3) is 3.63. The first-order valence-electron chi connectivity index (χ1n) is 6.68. The summed E-state index contributed by atoms with van der Waals surface area (Å²) in [6, 6.07) is 9.33. The number of Topliss-reactive ketones (excluding diaryl/α,β-unsaturated/α-hetero) is 1. The predicted molar refractivity (Wildman–Crippen MR) is 77.5 cm³/mol. The first-order chi connectivity index (χ1) is 9.72. The molecule has 0 aliphatic rings. The third-order valence-corrected chi connectivity index (χ3v) is 3.07. The van der Waals surface area contributed by atoms with E-state index in [9.17, 15) is 4.79 Å². The van der Waals surface area contributed by atoms with Crippen LogP contribution in [0.3, 0.4) is 0 Å². The van der Waals surface area contributed by atoms with E-state index in [2.05, 4.69) is 0 Å². The second-order valence-electron chi connectivity index (χ2n) is 4.44. The van der Waals surface area contributed by atoms with Gasteiger partial charge in [-0.15, -0.1) is 0 Å². The van der Waals surface area contributed by atoms with Gasteiger partial charge in [-0.05, 0) is 30.3 Å². The number of rotatable bonds is 7. The molecule has 0 unspecified atom stereocenters. The number of hydrogen-bond acceptors (Lipinski definition) is 3. The van der Waals surface area contributed by atoms with Gasteiger partial charge in [0.05, 0.1) is 13.7 Å². The van der Waals surface area contributed by atoms with E-state index in [0.29, 0.717) is 19.6 Å². The Morgan fingerprint density at radius 2 is 1.85 bits per heavy atom. The molecule has 106 valence electrons. The van der Waals surface area contributed by atoms with Crippen molar-refractivity contribution < 1.29 is 14.3 Å². The maximum atomic E-state index is 11.5. The predicted octanol–water partition coefficient (Wildman–Crippen LogP) is 3.17. The van der Waals surface area contributed by atoms with Crippen LogP contribution in [0.5, 0.6) is 11.5 Å². The average molecular weight is 273 g/mol. The molecule has 0 spiro atoms. The molecule has 2 rings (SSSR count). The highest BCUT2D eigenvalue weighted by Crippen LogP contribution is 2.17. The summed E-state index contributed by atoms with van der Waals surface area (Å²) in [5.74, 6) is 1.79. The number of methoxy groups -OCH3 is 1. The van der Waals surface area contributed by atoms with Gasteiger partial charge in [-0.2, -0.15) is 0 Å². The summed E-state index contributed by atoms with van der Waals surface area (Å²) >= 11 is 0. The van der Waals surface area contributed by atoms with Gasteiger partial charge in [0.1, 0.15) is 18.1 Å². The molecule has 4 nitrogen and oxygen atoms in total. The first kappa shape index (κ1) is 14.2. The van der Waals surface area contributed by atoms with Crippen molar-refractivity contribution in [2.45, 2.75) is 19.9 Å². The van der Waals surface area contributed by atoms with Crippen molar-refractivity contribution in [2.75, 3.05) is 13.7 Å². The molecular weight excluding hydrogens is 254 g/mol. The smallest absolute Gasteiger partial charge is 0.164 e. The minimum Gasteiger partial charge on any atom is -0.497 e. The van der Waals surface area contributed by atoms with E-state index in [1.807, 2.05) is 54.2 Å². The summed E-state index contributed by atoms with van der Waals surface area (Å²) in [5, 5.41) is 0. The van der Waals surface area contributed by atoms with Gasteiger partial charge < -0.3 is 14.0 Å². The highest BCUT2D eigenvalue weighted by atomic mass is 16.5. The van der Waals surface area contributed by atoms with Gasteiger partial charge in [-0.1, -0.05) is 6.92 Å². The van der Waals surface area contributed by atoms with Gasteiger partial charge in [0, 0.05) is 24.4 Å². The first-order valence-corrected chi connectivity index (χ1v) is 6.68. The maximum absolute atomic E-state index is 11.5. The highest BCUT2D eigenvalue weighted by Gasteiger charge is 2.04. The van der Waals surface area contributed by atoms with Crippen molar-refractivity contribution in [2.24, 2.45) is 0 Å².